The van der Waals surface area contributed by atoms with E-state index in [0.29, 0.717) is 11.5 Å². The number of hydrogen-bond acceptors (Lipinski definition) is 4. The van der Waals surface area contributed by atoms with Crippen LogP contribution in [-0.4, -0.2) is 50.9 Å². The average molecular weight is 373 g/mol. The minimum Gasteiger partial charge on any atom is -0.337 e. The zero-order valence-electron chi connectivity index (χ0n) is 15.5. The van der Waals surface area contributed by atoms with Gasteiger partial charge >= 0.3 is 0 Å². The average Bonchev–Trinajstić information content (AvgIpc) is 3.06. The van der Waals surface area contributed by atoms with E-state index in [2.05, 4.69) is 36.2 Å². The summed E-state index contributed by atoms with van der Waals surface area (Å²) in [6.45, 7) is 7.05. The maximum Gasteiger partial charge on any atom is 0.220 e. The van der Waals surface area contributed by atoms with Gasteiger partial charge in [0.25, 0.3) is 0 Å². The van der Waals surface area contributed by atoms with Gasteiger partial charge in [-0.05, 0) is 73.1 Å². The Morgan fingerprint density at radius 3 is 2.88 bits per heavy atom. The summed E-state index contributed by atoms with van der Waals surface area (Å²) in [6, 6.07) is 2.59. The van der Waals surface area contributed by atoms with Gasteiger partial charge in [0.15, 0.2) is 0 Å². The zero-order chi connectivity index (χ0) is 18.0. The van der Waals surface area contributed by atoms with Crippen molar-refractivity contribution in [2.24, 2.45) is 5.41 Å². The minimum absolute atomic E-state index is 0.223. The fourth-order valence-electron chi connectivity index (χ4n) is 4.44. The Morgan fingerprint density at radius 2 is 2.23 bits per heavy atom. The van der Waals surface area contributed by atoms with E-state index in [-0.39, 0.29) is 5.91 Å². The van der Waals surface area contributed by atoms with Crippen LogP contribution in [0.3, 0.4) is 0 Å². The summed E-state index contributed by atoms with van der Waals surface area (Å²) in [5, 5.41) is 4.26. The summed E-state index contributed by atoms with van der Waals surface area (Å²) in [4.78, 5) is 21.0. The van der Waals surface area contributed by atoms with Crippen LogP contribution in [0.25, 0.3) is 0 Å². The van der Waals surface area contributed by atoms with Crippen LogP contribution in [0.5, 0.6) is 0 Å². The number of aromatic nitrogens is 2. The largest absolute Gasteiger partial charge is 0.337 e. The lowest BCUT2D eigenvalue weighted by Gasteiger charge is -2.34. The number of rotatable bonds is 7. The van der Waals surface area contributed by atoms with E-state index in [1.54, 1.807) is 18.3 Å². The molecule has 6 heteroatoms. The van der Waals surface area contributed by atoms with Crippen molar-refractivity contribution in [3.63, 3.8) is 0 Å². The highest BCUT2D eigenvalue weighted by Crippen LogP contribution is 2.57. The van der Waals surface area contributed by atoms with E-state index < -0.39 is 0 Å². The van der Waals surface area contributed by atoms with Gasteiger partial charge in [0.05, 0.1) is 6.33 Å². The van der Waals surface area contributed by atoms with E-state index in [1.165, 1.54) is 44.3 Å². The maximum atomic E-state index is 12.2. The number of carbonyl (C=O) groups is 1. The summed E-state index contributed by atoms with van der Waals surface area (Å²) in [7, 11) is 0. The second kappa shape index (κ2) is 7.53. The second-order valence-corrected chi connectivity index (χ2v) is 8.64. The lowest BCUT2D eigenvalue weighted by molar-refractivity contribution is -0.130. The summed E-state index contributed by atoms with van der Waals surface area (Å²) in [5.74, 6) is 0.223. The Kier molecular flexibility index (Phi) is 5.14. The molecule has 1 saturated carbocycles. The number of amides is 1. The Morgan fingerprint density at radius 1 is 1.38 bits per heavy atom. The van der Waals surface area contributed by atoms with E-state index in [1.807, 2.05) is 18.7 Å². The molecular weight excluding hydrogens is 344 g/mol. The van der Waals surface area contributed by atoms with E-state index in [4.69, 9.17) is 0 Å². The number of carbonyl (C=O) groups excluding carboxylic acids is 1. The number of nitrogens with zero attached hydrogens (tertiary/aromatic N) is 4. The molecule has 3 heterocycles. The van der Waals surface area contributed by atoms with Gasteiger partial charge in [-0.25, -0.2) is 4.98 Å². The first-order valence-corrected chi connectivity index (χ1v) is 10.6. The molecule has 1 aliphatic carbocycles. The SMILES string of the molecule is CC(=O)N(Cc1ccsc1)[C@@H]1CC12CCN(CCCn1ccnc1)CC2. The molecule has 0 radical (unpaired) electrons. The number of piperidine rings is 1. The van der Waals surface area contributed by atoms with Gasteiger partial charge in [0.2, 0.25) is 5.91 Å². The van der Waals surface area contributed by atoms with Crippen LogP contribution in [0.1, 0.15) is 38.2 Å². The van der Waals surface area contributed by atoms with Crippen molar-refractivity contribution < 1.29 is 4.79 Å². The van der Waals surface area contributed by atoms with Crippen molar-refractivity contribution in [3.8, 4) is 0 Å². The van der Waals surface area contributed by atoms with Crippen LogP contribution in [0.15, 0.2) is 35.5 Å². The summed E-state index contributed by atoms with van der Waals surface area (Å²) in [6.07, 6.45) is 10.6. The summed E-state index contributed by atoms with van der Waals surface area (Å²) >= 11 is 1.71. The van der Waals surface area contributed by atoms with Crippen molar-refractivity contribution in [3.05, 3.63) is 41.1 Å². The molecule has 4 rings (SSSR count). The zero-order valence-corrected chi connectivity index (χ0v) is 16.3. The van der Waals surface area contributed by atoms with Gasteiger partial charge in [0, 0.05) is 38.4 Å². The molecule has 1 saturated heterocycles. The standard InChI is InChI=1S/C20H28N4OS/c1-17(25)24(14-18-3-12-26-15-18)19-13-20(19)4-9-22(10-5-20)7-2-8-23-11-6-21-16-23/h3,6,11-12,15-16,19H,2,4-5,7-10,13-14H2,1H3/t19-/m1/s1. The third-order valence-corrected chi connectivity index (χ3v) is 6.89. The van der Waals surface area contributed by atoms with Gasteiger partial charge in [-0.15, -0.1) is 0 Å². The molecule has 1 spiro atoms. The van der Waals surface area contributed by atoms with E-state index >= 15 is 0 Å². The Hall–Kier alpha value is -1.66. The monoisotopic (exact) mass is 372 g/mol. The van der Waals surface area contributed by atoms with Crippen LogP contribution in [0, 0.1) is 5.41 Å². The molecular formula is C20H28N4OS. The molecule has 2 aromatic rings. The number of hydrogen-bond donors (Lipinski definition) is 0. The minimum atomic E-state index is 0.223. The Bertz CT molecular complexity index is 704. The highest BCUT2D eigenvalue weighted by Gasteiger charge is 2.58. The summed E-state index contributed by atoms with van der Waals surface area (Å²) < 4.78 is 2.15. The fourth-order valence-corrected chi connectivity index (χ4v) is 5.10. The van der Waals surface area contributed by atoms with Crippen molar-refractivity contribution >= 4 is 17.2 Å². The smallest absolute Gasteiger partial charge is 0.220 e. The molecule has 0 aromatic carbocycles. The topological polar surface area (TPSA) is 41.4 Å². The van der Waals surface area contributed by atoms with Crippen molar-refractivity contribution in [2.45, 2.75) is 51.7 Å². The molecule has 140 valence electrons. The normalized spacial score (nSPS) is 21.8. The van der Waals surface area contributed by atoms with Gasteiger partial charge < -0.3 is 14.4 Å². The first-order valence-electron chi connectivity index (χ1n) is 9.63. The molecule has 0 bridgehead atoms. The molecule has 26 heavy (non-hydrogen) atoms. The van der Waals surface area contributed by atoms with Crippen molar-refractivity contribution in [2.75, 3.05) is 19.6 Å². The number of imidazole rings is 1. The number of thiophene rings is 1. The Balaban J connectivity index is 1.25. The first-order chi connectivity index (χ1) is 12.7. The van der Waals surface area contributed by atoms with Gasteiger partial charge in [-0.2, -0.15) is 11.3 Å². The van der Waals surface area contributed by atoms with Crippen LogP contribution < -0.4 is 0 Å². The quantitative estimate of drug-likeness (QED) is 0.749. The molecule has 2 fully saturated rings. The lowest BCUT2D eigenvalue weighted by Crippen LogP contribution is -2.40. The van der Waals surface area contributed by atoms with Gasteiger partial charge in [0.1, 0.15) is 0 Å². The highest BCUT2D eigenvalue weighted by molar-refractivity contribution is 7.07. The number of aryl methyl sites for hydroxylation is 1. The highest BCUT2D eigenvalue weighted by atomic mass is 32.1. The third kappa shape index (κ3) is 3.86. The molecule has 0 unspecified atom stereocenters. The van der Waals surface area contributed by atoms with Crippen LogP contribution in [0.4, 0.5) is 0 Å². The molecule has 1 aliphatic heterocycles. The third-order valence-electron chi connectivity index (χ3n) is 6.16. The molecule has 2 aliphatic rings. The second-order valence-electron chi connectivity index (χ2n) is 7.86. The fraction of sp³-hybridized carbons (Fsp3) is 0.600. The molecule has 0 N–H and O–H groups in total. The predicted octanol–water partition coefficient (Wildman–Crippen LogP) is 3.24. The number of likely N-dealkylation sites (tertiary alicyclic amines) is 1. The van der Waals surface area contributed by atoms with Crippen LogP contribution >= 0.6 is 11.3 Å². The maximum absolute atomic E-state index is 12.2. The van der Waals surface area contributed by atoms with Crippen molar-refractivity contribution in [1.82, 2.24) is 19.4 Å². The van der Waals surface area contributed by atoms with Crippen molar-refractivity contribution in [1.29, 1.82) is 0 Å². The van der Waals surface area contributed by atoms with E-state index in [9.17, 15) is 4.79 Å². The summed E-state index contributed by atoms with van der Waals surface area (Å²) in [5.41, 5.74) is 1.66. The van der Waals surface area contributed by atoms with E-state index in [0.717, 1.165) is 19.6 Å². The molecule has 2 aromatic heterocycles. The van der Waals surface area contributed by atoms with Crippen LogP contribution in [0.2, 0.25) is 0 Å². The molecule has 1 atom stereocenters. The molecule has 1 amide bonds. The first kappa shape index (κ1) is 17.7. The Labute approximate surface area is 159 Å². The van der Waals surface area contributed by atoms with Crippen LogP contribution in [-0.2, 0) is 17.9 Å². The predicted molar refractivity (Wildman–Crippen MR) is 104 cm³/mol. The lowest BCUT2D eigenvalue weighted by atomic mass is 9.92. The van der Waals surface area contributed by atoms with Gasteiger partial charge in [-0.3, -0.25) is 4.79 Å². The molecule has 5 nitrogen and oxygen atoms in total. The van der Waals surface area contributed by atoms with Gasteiger partial charge in [-0.1, -0.05) is 0 Å².